The zero-order valence-corrected chi connectivity index (χ0v) is 13.2. The Morgan fingerprint density at radius 2 is 2.00 bits per heavy atom. The molecule has 2 amide bonds. The molecule has 1 aromatic heterocycles. The van der Waals surface area contributed by atoms with Crippen molar-refractivity contribution in [3.63, 3.8) is 0 Å². The van der Waals surface area contributed by atoms with Crippen molar-refractivity contribution in [3.05, 3.63) is 42.7 Å². The predicted molar refractivity (Wildman–Crippen MR) is 88.3 cm³/mol. The third-order valence-corrected chi connectivity index (χ3v) is 3.30. The van der Waals surface area contributed by atoms with Crippen LogP contribution in [-0.2, 0) is 9.59 Å². The fourth-order valence-electron chi connectivity index (χ4n) is 2.06. The molecule has 7 nitrogen and oxygen atoms in total. The number of benzene rings is 1. The number of carbonyl (C=O) groups excluding carboxylic acids is 2. The molecule has 2 aromatic rings. The Morgan fingerprint density at radius 3 is 2.61 bits per heavy atom. The summed E-state index contributed by atoms with van der Waals surface area (Å²) in [6.45, 7) is 2.33. The summed E-state index contributed by atoms with van der Waals surface area (Å²) in [5.41, 5.74) is 1.57. The molecule has 1 aromatic carbocycles. The Balaban J connectivity index is 1.82. The zero-order chi connectivity index (χ0) is 16.7. The van der Waals surface area contributed by atoms with E-state index in [1.165, 1.54) is 0 Å². The maximum atomic E-state index is 11.9. The van der Waals surface area contributed by atoms with Gasteiger partial charge in [-0.3, -0.25) is 9.59 Å². The SMILES string of the molecule is CNCC(C)C(=O)NCC(=O)Nc1ccc(-n2cccn2)cc1. The first kappa shape index (κ1) is 16.7. The number of hydrogen-bond donors (Lipinski definition) is 3. The largest absolute Gasteiger partial charge is 0.347 e. The normalized spacial score (nSPS) is 11.7. The Labute approximate surface area is 135 Å². The van der Waals surface area contributed by atoms with Gasteiger partial charge in [0.2, 0.25) is 11.8 Å². The van der Waals surface area contributed by atoms with E-state index < -0.39 is 0 Å². The lowest BCUT2D eigenvalue weighted by Crippen LogP contribution is -2.38. The quantitative estimate of drug-likeness (QED) is 0.704. The average molecular weight is 315 g/mol. The van der Waals surface area contributed by atoms with Gasteiger partial charge >= 0.3 is 0 Å². The van der Waals surface area contributed by atoms with Gasteiger partial charge in [-0.1, -0.05) is 6.92 Å². The van der Waals surface area contributed by atoms with Gasteiger partial charge in [-0.2, -0.15) is 5.10 Å². The van der Waals surface area contributed by atoms with Crippen molar-refractivity contribution in [3.8, 4) is 5.69 Å². The lowest BCUT2D eigenvalue weighted by molar-refractivity contribution is -0.126. The van der Waals surface area contributed by atoms with E-state index in [9.17, 15) is 9.59 Å². The molecule has 0 saturated carbocycles. The summed E-state index contributed by atoms with van der Waals surface area (Å²) in [5.74, 6) is -0.591. The third-order valence-electron chi connectivity index (χ3n) is 3.30. The minimum absolute atomic E-state index is 0.0478. The number of anilines is 1. The van der Waals surface area contributed by atoms with E-state index in [0.29, 0.717) is 12.2 Å². The molecule has 0 aliphatic carbocycles. The number of nitrogens with one attached hydrogen (secondary N) is 3. The molecule has 0 aliphatic rings. The van der Waals surface area contributed by atoms with E-state index in [4.69, 9.17) is 0 Å². The van der Waals surface area contributed by atoms with Crippen LogP contribution < -0.4 is 16.0 Å². The number of rotatable bonds is 7. The fraction of sp³-hybridized carbons (Fsp3) is 0.312. The highest BCUT2D eigenvalue weighted by molar-refractivity contribution is 5.94. The molecule has 0 spiro atoms. The fourth-order valence-corrected chi connectivity index (χ4v) is 2.06. The third kappa shape index (κ3) is 4.93. The first-order valence-corrected chi connectivity index (χ1v) is 7.42. The second kappa shape index (κ2) is 8.09. The van der Waals surface area contributed by atoms with Crippen molar-refractivity contribution in [2.75, 3.05) is 25.5 Å². The van der Waals surface area contributed by atoms with Gasteiger partial charge in [-0.05, 0) is 37.4 Å². The van der Waals surface area contributed by atoms with E-state index in [0.717, 1.165) is 5.69 Å². The van der Waals surface area contributed by atoms with Crippen molar-refractivity contribution in [2.24, 2.45) is 5.92 Å². The van der Waals surface area contributed by atoms with Crippen molar-refractivity contribution >= 4 is 17.5 Å². The molecule has 2 rings (SSSR count). The summed E-state index contributed by atoms with van der Waals surface area (Å²) in [5, 5.41) is 12.4. The monoisotopic (exact) mass is 315 g/mol. The Morgan fingerprint density at radius 1 is 1.26 bits per heavy atom. The number of amides is 2. The summed E-state index contributed by atoms with van der Waals surface area (Å²) in [4.78, 5) is 23.6. The summed E-state index contributed by atoms with van der Waals surface area (Å²) >= 11 is 0. The predicted octanol–water partition coefficient (Wildman–Crippen LogP) is 0.783. The highest BCUT2D eigenvalue weighted by Crippen LogP contribution is 2.12. The number of carbonyl (C=O) groups is 2. The van der Waals surface area contributed by atoms with Crippen LogP contribution in [0.15, 0.2) is 42.7 Å². The van der Waals surface area contributed by atoms with E-state index in [2.05, 4.69) is 21.0 Å². The van der Waals surface area contributed by atoms with E-state index in [1.807, 2.05) is 24.4 Å². The number of nitrogens with zero attached hydrogens (tertiary/aromatic N) is 2. The molecule has 1 unspecified atom stereocenters. The van der Waals surface area contributed by atoms with Crippen molar-refractivity contribution in [2.45, 2.75) is 6.92 Å². The van der Waals surface area contributed by atoms with Gasteiger partial charge in [-0.25, -0.2) is 4.68 Å². The second-order valence-electron chi connectivity index (χ2n) is 5.22. The molecular formula is C16H21N5O2. The number of aromatic nitrogens is 2. The molecule has 0 aliphatic heterocycles. The van der Waals surface area contributed by atoms with Crippen molar-refractivity contribution in [1.29, 1.82) is 0 Å². The molecule has 1 atom stereocenters. The summed E-state index contributed by atoms with van der Waals surface area (Å²) in [7, 11) is 1.78. The lowest BCUT2D eigenvalue weighted by Gasteiger charge is -2.11. The van der Waals surface area contributed by atoms with Crippen molar-refractivity contribution < 1.29 is 9.59 Å². The molecule has 23 heavy (non-hydrogen) atoms. The second-order valence-corrected chi connectivity index (χ2v) is 5.22. The van der Waals surface area contributed by atoms with Crippen LogP contribution in [0.3, 0.4) is 0 Å². The summed E-state index contributed by atoms with van der Waals surface area (Å²) < 4.78 is 1.73. The van der Waals surface area contributed by atoms with Crippen LogP contribution in [0.4, 0.5) is 5.69 Å². The molecule has 0 saturated heterocycles. The van der Waals surface area contributed by atoms with E-state index in [1.54, 1.807) is 37.0 Å². The zero-order valence-electron chi connectivity index (χ0n) is 13.2. The molecule has 7 heteroatoms. The van der Waals surface area contributed by atoms with Crippen LogP contribution in [0.2, 0.25) is 0 Å². The highest BCUT2D eigenvalue weighted by Gasteiger charge is 2.12. The Hall–Kier alpha value is -2.67. The van der Waals surface area contributed by atoms with Crippen LogP contribution in [0.1, 0.15) is 6.92 Å². The van der Waals surface area contributed by atoms with Gasteiger partial charge in [0, 0.05) is 30.5 Å². The van der Waals surface area contributed by atoms with Crippen LogP contribution in [0.25, 0.3) is 5.69 Å². The van der Waals surface area contributed by atoms with E-state index >= 15 is 0 Å². The van der Waals surface area contributed by atoms with Gasteiger partial charge in [0.25, 0.3) is 0 Å². The molecule has 0 bridgehead atoms. The first-order valence-electron chi connectivity index (χ1n) is 7.42. The summed E-state index contributed by atoms with van der Waals surface area (Å²) in [6, 6.07) is 9.14. The average Bonchev–Trinajstić information content (AvgIpc) is 3.08. The van der Waals surface area contributed by atoms with Gasteiger partial charge in [0.1, 0.15) is 0 Å². The Kier molecular flexibility index (Phi) is 5.87. The van der Waals surface area contributed by atoms with Crippen molar-refractivity contribution in [1.82, 2.24) is 20.4 Å². The van der Waals surface area contributed by atoms with Gasteiger partial charge in [-0.15, -0.1) is 0 Å². The van der Waals surface area contributed by atoms with Crippen LogP contribution in [-0.4, -0.2) is 41.7 Å². The number of hydrogen-bond acceptors (Lipinski definition) is 4. The minimum atomic E-state index is -0.262. The minimum Gasteiger partial charge on any atom is -0.347 e. The van der Waals surface area contributed by atoms with Crippen LogP contribution >= 0.6 is 0 Å². The van der Waals surface area contributed by atoms with E-state index in [-0.39, 0.29) is 24.3 Å². The standard InChI is InChI=1S/C16H21N5O2/c1-12(10-17-2)16(23)18-11-15(22)20-13-4-6-14(7-5-13)21-9-3-8-19-21/h3-9,12,17H,10-11H2,1-2H3,(H,18,23)(H,20,22). The molecule has 0 radical (unpaired) electrons. The van der Waals surface area contributed by atoms with Gasteiger partial charge < -0.3 is 16.0 Å². The van der Waals surface area contributed by atoms with Gasteiger partial charge in [0.15, 0.2) is 0 Å². The van der Waals surface area contributed by atoms with Crippen LogP contribution in [0.5, 0.6) is 0 Å². The maximum absolute atomic E-state index is 11.9. The van der Waals surface area contributed by atoms with Gasteiger partial charge in [0.05, 0.1) is 12.2 Å². The molecule has 3 N–H and O–H groups in total. The molecule has 0 fully saturated rings. The molecular weight excluding hydrogens is 294 g/mol. The maximum Gasteiger partial charge on any atom is 0.243 e. The topological polar surface area (TPSA) is 88.0 Å². The summed E-state index contributed by atoms with van der Waals surface area (Å²) in [6.07, 6.45) is 3.54. The molecule has 1 heterocycles. The smallest absolute Gasteiger partial charge is 0.243 e. The van der Waals surface area contributed by atoms with Crippen LogP contribution in [0, 0.1) is 5.92 Å². The highest BCUT2D eigenvalue weighted by atomic mass is 16.2. The lowest BCUT2D eigenvalue weighted by atomic mass is 10.1. The first-order chi connectivity index (χ1) is 11.1. The molecule has 122 valence electrons. The Bertz CT molecular complexity index is 637.